The second kappa shape index (κ2) is 7.15. The molecular weight excluding hydrogens is 327 g/mol. The van der Waals surface area contributed by atoms with E-state index in [1.807, 2.05) is 6.92 Å². The highest BCUT2D eigenvalue weighted by atomic mass is 79.9. The number of hydrogen-bond donors (Lipinski definition) is 1. The molecule has 1 heterocycles. The molecular formula is C14H18BrFN2O2. The predicted molar refractivity (Wildman–Crippen MR) is 77.8 cm³/mol. The van der Waals surface area contributed by atoms with Crippen molar-refractivity contribution in [1.82, 2.24) is 10.2 Å². The Hall–Kier alpha value is -0.980. The third kappa shape index (κ3) is 4.01. The zero-order valence-electron chi connectivity index (χ0n) is 11.4. The van der Waals surface area contributed by atoms with Gasteiger partial charge in [-0.15, -0.1) is 0 Å². The fraction of sp³-hybridized carbons (Fsp3) is 0.500. The van der Waals surface area contributed by atoms with E-state index in [0.29, 0.717) is 32.8 Å². The molecule has 0 saturated carbocycles. The maximum atomic E-state index is 13.2. The minimum atomic E-state index is -0.303. The van der Waals surface area contributed by atoms with Gasteiger partial charge in [-0.25, -0.2) is 4.39 Å². The van der Waals surface area contributed by atoms with Crippen LogP contribution in [0.3, 0.4) is 0 Å². The second-order valence-corrected chi connectivity index (χ2v) is 5.63. The van der Waals surface area contributed by atoms with E-state index in [-0.39, 0.29) is 17.8 Å². The van der Waals surface area contributed by atoms with Crippen molar-refractivity contribution in [3.05, 3.63) is 34.1 Å². The van der Waals surface area contributed by atoms with E-state index >= 15 is 0 Å². The average Bonchev–Trinajstić information content (AvgIpc) is 2.48. The molecule has 1 amide bonds. The van der Waals surface area contributed by atoms with Crippen LogP contribution in [0.4, 0.5) is 4.39 Å². The number of nitrogens with one attached hydrogen (secondary N) is 1. The number of benzene rings is 1. The minimum Gasteiger partial charge on any atom is -0.378 e. The summed E-state index contributed by atoms with van der Waals surface area (Å²) in [5.74, 6) is -0.224. The van der Waals surface area contributed by atoms with Gasteiger partial charge >= 0.3 is 0 Å². The zero-order chi connectivity index (χ0) is 14.5. The van der Waals surface area contributed by atoms with Crippen molar-refractivity contribution in [2.24, 2.45) is 0 Å². The second-order valence-electron chi connectivity index (χ2n) is 4.78. The standard InChI is InChI=1S/C14H18BrFN2O2/c1-10(14(19)18-4-6-20-7-5-18)17-9-11-8-12(16)2-3-13(11)15/h2-3,8,10,17H,4-7,9H2,1H3. The Labute approximate surface area is 126 Å². The van der Waals surface area contributed by atoms with Crippen LogP contribution >= 0.6 is 15.9 Å². The molecule has 2 rings (SSSR count). The van der Waals surface area contributed by atoms with E-state index in [1.165, 1.54) is 12.1 Å². The molecule has 1 aliphatic rings. The van der Waals surface area contributed by atoms with Gasteiger partial charge in [0.05, 0.1) is 19.3 Å². The lowest BCUT2D eigenvalue weighted by molar-refractivity contribution is -0.137. The molecule has 4 nitrogen and oxygen atoms in total. The Kier molecular flexibility index (Phi) is 5.51. The smallest absolute Gasteiger partial charge is 0.239 e. The molecule has 1 aromatic carbocycles. The van der Waals surface area contributed by atoms with E-state index < -0.39 is 0 Å². The number of carbonyl (C=O) groups is 1. The van der Waals surface area contributed by atoms with Crippen LogP contribution in [0.2, 0.25) is 0 Å². The van der Waals surface area contributed by atoms with Gasteiger partial charge in [-0.3, -0.25) is 4.79 Å². The van der Waals surface area contributed by atoms with Crippen LogP contribution in [-0.2, 0) is 16.1 Å². The highest BCUT2D eigenvalue weighted by Gasteiger charge is 2.22. The van der Waals surface area contributed by atoms with Gasteiger partial charge in [0.2, 0.25) is 5.91 Å². The molecule has 6 heteroatoms. The predicted octanol–water partition coefficient (Wildman–Crippen LogP) is 1.93. The molecule has 1 fully saturated rings. The number of rotatable bonds is 4. The first kappa shape index (κ1) is 15.4. The number of ether oxygens (including phenoxy) is 1. The Morgan fingerprint density at radius 3 is 2.90 bits per heavy atom. The first-order valence-corrected chi connectivity index (χ1v) is 7.41. The SMILES string of the molecule is CC(NCc1cc(F)ccc1Br)C(=O)N1CCOCC1. The monoisotopic (exact) mass is 344 g/mol. The summed E-state index contributed by atoms with van der Waals surface area (Å²) < 4.78 is 19.2. The molecule has 20 heavy (non-hydrogen) atoms. The highest BCUT2D eigenvalue weighted by Crippen LogP contribution is 2.17. The summed E-state index contributed by atoms with van der Waals surface area (Å²) in [5, 5.41) is 3.14. The molecule has 1 aliphatic heterocycles. The summed E-state index contributed by atoms with van der Waals surface area (Å²) in [4.78, 5) is 14.0. The quantitative estimate of drug-likeness (QED) is 0.907. The molecule has 1 aromatic rings. The maximum absolute atomic E-state index is 13.2. The Bertz CT molecular complexity index is 478. The molecule has 1 N–H and O–H groups in total. The topological polar surface area (TPSA) is 41.6 Å². The van der Waals surface area contributed by atoms with Gasteiger partial charge in [-0.1, -0.05) is 15.9 Å². The van der Waals surface area contributed by atoms with Crippen LogP contribution in [0.5, 0.6) is 0 Å². The molecule has 0 aromatic heterocycles. The van der Waals surface area contributed by atoms with Crippen LogP contribution in [0.25, 0.3) is 0 Å². The largest absolute Gasteiger partial charge is 0.378 e. The summed E-state index contributed by atoms with van der Waals surface area (Å²) >= 11 is 3.38. The lowest BCUT2D eigenvalue weighted by Gasteiger charge is -2.29. The molecule has 1 saturated heterocycles. The van der Waals surface area contributed by atoms with Gasteiger partial charge < -0.3 is 15.0 Å². The molecule has 1 atom stereocenters. The van der Waals surface area contributed by atoms with Crippen molar-refractivity contribution in [2.45, 2.75) is 19.5 Å². The summed E-state index contributed by atoms with van der Waals surface area (Å²) in [6, 6.07) is 4.22. The third-order valence-corrected chi connectivity index (χ3v) is 4.07. The molecule has 110 valence electrons. The number of halogens is 2. The van der Waals surface area contributed by atoms with Crippen LogP contribution < -0.4 is 5.32 Å². The van der Waals surface area contributed by atoms with Crippen molar-refractivity contribution in [2.75, 3.05) is 26.3 Å². The normalized spacial score (nSPS) is 17.1. The molecule has 0 radical (unpaired) electrons. The highest BCUT2D eigenvalue weighted by molar-refractivity contribution is 9.10. The number of morpholine rings is 1. The average molecular weight is 345 g/mol. The van der Waals surface area contributed by atoms with Crippen LogP contribution in [-0.4, -0.2) is 43.2 Å². The first-order chi connectivity index (χ1) is 9.58. The summed E-state index contributed by atoms with van der Waals surface area (Å²) in [6.45, 7) is 4.71. The van der Waals surface area contributed by atoms with Gasteiger partial charge in [0.15, 0.2) is 0 Å². The van der Waals surface area contributed by atoms with E-state index in [4.69, 9.17) is 4.74 Å². The summed E-state index contributed by atoms with van der Waals surface area (Å²) in [6.07, 6.45) is 0. The van der Waals surface area contributed by atoms with Crippen LogP contribution in [0, 0.1) is 5.82 Å². The fourth-order valence-corrected chi connectivity index (χ4v) is 2.47. The summed E-state index contributed by atoms with van der Waals surface area (Å²) in [7, 11) is 0. The first-order valence-electron chi connectivity index (χ1n) is 6.62. The van der Waals surface area contributed by atoms with Crippen molar-refractivity contribution in [1.29, 1.82) is 0 Å². The third-order valence-electron chi connectivity index (χ3n) is 3.30. The van der Waals surface area contributed by atoms with Crippen molar-refractivity contribution < 1.29 is 13.9 Å². The number of amides is 1. The molecule has 0 bridgehead atoms. The Morgan fingerprint density at radius 2 is 2.20 bits per heavy atom. The number of carbonyl (C=O) groups excluding carboxylic acids is 1. The van der Waals surface area contributed by atoms with E-state index in [2.05, 4.69) is 21.2 Å². The van der Waals surface area contributed by atoms with E-state index in [9.17, 15) is 9.18 Å². The van der Waals surface area contributed by atoms with Gasteiger partial charge in [0.1, 0.15) is 5.82 Å². The Morgan fingerprint density at radius 1 is 1.50 bits per heavy atom. The van der Waals surface area contributed by atoms with Crippen molar-refractivity contribution in [3.8, 4) is 0 Å². The molecule has 0 spiro atoms. The van der Waals surface area contributed by atoms with Gasteiger partial charge in [-0.05, 0) is 30.7 Å². The fourth-order valence-electron chi connectivity index (χ4n) is 2.09. The lowest BCUT2D eigenvalue weighted by Crippen LogP contribution is -2.49. The van der Waals surface area contributed by atoms with Gasteiger partial charge in [0.25, 0.3) is 0 Å². The van der Waals surface area contributed by atoms with E-state index in [0.717, 1.165) is 10.0 Å². The lowest BCUT2D eigenvalue weighted by atomic mass is 10.2. The van der Waals surface area contributed by atoms with Crippen LogP contribution in [0.15, 0.2) is 22.7 Å². The zero-order valence-corrected chi connectivity index (χ0v) is 13.0. The van der Waals surface area contributed by atoms with Crippen LogP contribution in [0.1, 0.15) is 12.5 Å². The summed E-state index contributed by atoms with van der Waals surface area (Å²) in [5.41, 5.74) is 0.798. The molecule has 1 unspecified atom stereocenters. The van der Waals surface area contributed by atoms with E-state index in [1.54, 1.807) is 11.0 Å². The van der Waals surface area contributed by atoms with Crippen molar-refractivity contribution in [3.63, 3.8) is 0 Å². The van der Waals surface area contributed by atoms with Crippen molar-refractivity contribution >= 4 is 21.8 Å². The van der Waals surface area contributed by atoms with Gasteiger partial charge in [-0.2, -0.15) is 0 Å². The number of nitrogens with zero attached hydrogens (tertiary/aromatic N) is 1. The molecule has 0 aliphatic carbocycles. The maximum Gasteiger partial charge on any atom is 0.239 e. The van der Waals surface area contributed by atoms with Gasteiger partial charge in [0, 0.05) is 24.1 Å². The Balaban J connectivity index is 1.89. The minimum absolute atomic E-state index is 0.0563. The number of hydrogen-bond acceptors (Lipinski definition) is 3.